The molecule has 0 N–H and O–H groups in total. The molecule has 0 spiro atoms. The second kappa shape index (κ2) is 7.44. The van der Waals surface area contributed by atoms with Gasteiger partial charge in [0.05, 0.1) is 30.5 Å². The Morgan fingerprint density at radius 1 is 1.16 bits per heavy atom. The maximum atomic E-state index is 10.9. The zero-order chi connectivity index (χ0) is 17.8. The molecule has 0 aliphatic carbocycles. The molecule has 0 aliphatic heterocycles. The van der Waals surface area contributed by atoms with Crippen LogP contribution < -0.4 is 14.6 Å². The Bertz CT molecular complexity index is 868. The lowest BCUT2D eigenvalue weighted by Crippen LogP contribution is -2.22. The fourth-order valence-electron chi connectivity index (χ4n) is 2.78. The maximum Gasteiger partial charge on any atom is 0.143 e. The topological polar surface area (TPSA) is 63.5 Å². The molecule has 6 heteroatoms. The van der Waals surface area contributed by atoms with Gasteiger partial charge in [-0.3, -0.25) is 0 Å². The largest absolute Gasteiger partial charge is 0.550 e. The minimum atomic E-state index is -1.07. The number of aliphatic carboxylic acids is 1. The van der Waals surface area contributed by atoms with Crippen LogP contribution in [0.15, 0.2) is 47.8 Å². The molecule has 2 heterocycles. The van der Waals surface area contributed by atoms with E-state index >= 15 is 0 Å². The van der Waals surface area contributed by atoms with E-state index in [4.69, 9.17) is 9.47 Å². The van der Waals surface area contributed by atoms with Crippen LogP contribution in [0.25, 0.3) is 16.3 Å². The number of carboxylic acid groups (broad SMARTS) is 1. The van der Waals surface area contributed by atoms with Gasteiger partial charge in [0.25, 0.3) is 0 Å². The summed E-state index contributed by atoms with van der Waals surface area (Å²) in [5.74, 6) is 0.319. The molecule has 0 saturated heterocycles. The molecule has 0 saturated carbocycles. The summed E-state index contributed by atoms with van der Waals surface area (Å²) in [4.78, 5) is 12.0. The van der Waals surface area contributed by atoms with Gasteiger partial charge in [0.2, 0.25) is 0 Å². The number of aryl methyl sites for hydroxylation is 1. The van der Waals surface area contributed by atoms with E-state index in [-0.39, 0.29) is 6.42 Å². The van der Waals surface area contributed by atoms with Crippen molar-refractivity contribution in [2.75, 3.05) is 14.2 Å². The van der Waals surface area contributed by atoms with Crippen LogP contribution in [-0.4, -0.2) is 24.8 Å². The summed E-state index contributed by atoms with van der Waals surface area (Å²) in [6.07, 6.45) is 0.328. The number of aromatic nitrogens is 1. The van der Waals surface area contributed by atoms with E-state index in [9.17, 15) is 9.90 Å². The molecule has 3 aromatic rings. The van der Waals surface area contributed by atoms with Crippen LogP contribution in [0.1, 0.15) is 12.1 Å². The van der Waals surface area contributed by atoms with Gasteiger partial charge < -0.3 is 23.9 Å². The molecule has 130 valence electrons. The van der Waals surface area contributed by atoms with Crippen LogP contribution in [-0.2, 0) is 11.2 Å². The zero-order valence-electron chi connectivity index (χ0n) is 14.0. The summed E-state index contributed by atoms with van der Waals surface area (Å²) < 4.78 is 12.9. The first-order valence-corrected chi connectivity index (χ1v) is 8.68. The second-order valence-electron chi connectivity index (χ2n) is 5.43. The Morgan fingerprint density at radius 2 is 2.00 bits per heavy atom. The Kier molecular flexibility index (Phi) is 5.09. The number of rotatable bonds is 7. The molecule has 5 nitrogen and oxygen atoms in total. The number of thiophene rings is 1. The highest BCUT2D eigenvalue weighted by Crippen LogP contribution is 2.35. The number of methoxy groups -OCH3 is 2. The van der Waals surface area contributed by atoms with E-state index in [0.29, 0.717) is 17.9 Å². The molecule has 1 aromatic carbocycles. The molecule has 3 rings (SSSR count). The molecular weight excluding hydrogens is 338 g/mol. The maximum absolute atomic E-state index is 10.9. The summed E-state index contributed by atoms with van der Waals surface area (Å²) in [5, 5.41) is 12.9. The van der Waals surface area contributed by atoms with Crippen LogP contribution in [0.5, 0.6) is 11.5 Å². The predicted octanol–water partition coefficient (Wildman–Crippen LogP) is 2.91. The molecule has 0 fully saturated rings. The van der Waals surface area contributed by atoms with Crippen molar-refractivity contribution < 1.29 is 19.4 Å². The molecule has 2 aromatic heterocycles. The van der Waals surface area contributed by atoms with Crippen molar-refractivity contribution in [3.8, 4) is 27.8 Å². The normalized spacial score (nSPS) is 10.6. The molecule has 0 atom stereocenters. The van der Waals surface area contributed by atoms with Crippen molar-refractivity contribution in [1.82, 2.24) is 4.57 Å². The van der Waals surface area contributed by atoms with E-state index in [0.717, 1.165) is 22.0 Å². The standard InChI is InChI=1S/C19H19NO4S/c1-23-14-7-9-17(24-2)16(12-14)20-13(6-10-19(21)22)5-8-15(20)18-4-3-11-25-18/h3-5,7-9,11-12H,6,10H2,1-2H3,(H,21,22)/p-1. The third-order valence-corrected chi connectivity index (χ3v) is 4.84. The van der Waals surface area contributed by atoms with Gasteiger partial charge in [-0.05, 0) is 48.6 Å². The molecule has 25 heavy (non-hydrogen) atoms. The van der Waals surface area contributed by atoms with Crippen molar-refractivity contribution in [3.05, 3.63) is 53.5 Å². The molecule has 0 bridgehead atoms. The first-order chi connectivity index (χ1) is 12.1. The van der Waals surface area contributed by atoms with Crippen LogP contribution in [0.4, 0.5) is 0 Å². The number of carboxylic acids is 1. The van der Waals surface area contributed by atoms with Crippen molar-refractivity contribution >= 4 is 17.3 Å². The van der Waals surface area contributed by atoms with Gasteiger partial charge in [0, 0.05) is 17.7 Å². The Labute approximate surface area is 150 Å². The van der Waals surface area contributed by atoms with Crippen LogP contribution in [0.2, 0.25) is 0 Å². The number of nitrogens with zero attached hydrogens (tertiary/aromatic N) is 1. The lowest BCUT2D eigenvalue weighted by atomic mass is 10.2. The third-order valence-electron chi connectivity index (χ3n) is 3.95. The summed E-state index contributed by atoms with van der Waals surface area (Å²) in [6.45, 7) is 0. The Morgan fingerprint density at radius 3 is 2.64 bits per heavy atom. The average Bonchev–Trinajstić information content (AvgIpc) is 3.28. The van der Waals surface area contributed by atoms with Gasteiger partial charge >= 0.3 is 0 Å². The fourth-order valence-corrected chi connectivity index (χ4v) is 3.52. The zero-order valence-corrected chi connectivity index (χ0v) is 14.8. The highest BCUT2D eigenvalue weighted by Gasteiger charge is 2.17. The molecule has 0 unspecified atom stereocenters. The molecule has 0 radical (unpaired) electrons. The highest BCUT2D eigenvalue weighted by molar-refractivity contribution is 7.13. The fraction of sp³-hybridized carbons (Fsp3) is 0.211. The van der Waals surface area contributed by atoms with Gasteiger partial charge in [0.1, 0.15) is 11.5 Å². The Balaban J connectivity index is 2.18. The van der Waals surface area contributed by atoms with Gasteiger partial charge in [-0.2, -0.15) is 0 Å². The Hall–Kier alpha value is -2.73. The monoisotopic (exact) mass is 356 g/mol. The van der Waals surface area contributed by atoms with Crippen LogP contribution >= 0.6 is 11.3 Å². The number of hydrogen-bond acceptors (Lipinski definition) is 5. The quantitative estimate of drug-likeness (QED) is 0.653. The lowest BCUT2D eigenvalue weighted by molar-refractivity contribution is -0.305. The lowest BCUT2D eigenvalue weighted by Gasteiger charge is -2.17. The minimum absolute atomic E-state index is 0.0415. The second-order valence-corrected chi connectivity index (χ2v) is 6.38. The van der Waals surface area contributed by atoms with Gasteiger partial charge in [-0.25, -0.2) is 0 Å². The first-order valence-electron chi connectivity index (χ1n) is 7.80. The first kappa shape index (κ1) is 17.1. The van der Waals surface area contributed by atoms with E-state index in [1.165, 1.54) is 0 Å². The van der Waals surface area contributed by atoms with Crippen molar-refractivity contribution in [2.45, 2.75) is 12.8 Å². The van der Waals surface area contributed by atoms with Gasteiger partial charge in [-0.15, -0.1) is 11.3 Å². The van der Waals surface area contributed by atoms with E-state index in [2.05, 4.69) is 0 Å². The van der Waals surface area contributed by atoms with E-state index in [1.807, 2.05) is 52.4 Å². The number of ether oxygens (including phenoxy) is 2. The summed E-state index contributed by atoms with van der Waals surface area (Å²) in [6, 6.07) is 13.5. The summed E-state index contributed by atoms with van der Waals surface area (Å²) >= 11 is 1.62. The average molecular weight is 356 g/mol. The van der Waals surface area contributed by atoms with Crippen molar-refractivity contribution in [3.63, 3.8) is 0 Å². The van der Waals surface area contributed by atoms with Crippen molar-refractivity contribution in [1.29, 1.82) is 0 Å². The highest BCUT2D eigenvalue weighted by atomic mass is 32.1. The number of carbonyl (C=O) groups excluding carboxylic acids is 1. The number of benzene rings is 1. The SMILES string of the molecule is COc1ccc(OC)c(-n2c(CCC(=O)[O-])ccc2-c2cccs2)c1. The van der Waals surface area contributed by atoms with Gasteiger partial charge in [0.15, 0.2) is 0 Å². The minimum Gasteiger partial charge on any atom is -0.550 e. The smallest absolute Gasteiger partial charge is 0.143 e. The predicted molar refractivity (Wildman–Crippen MR) is 95.5 cm³/mol. The number of carbonyl (C=O) groups is 1. The van der Waals surface area contributed by atoms with Crippen LogP contribution in [0, 0.1) is 0 Å². The van der Waals surface area contributed by atoms with Gasteiger partial charge in [-0.1, -0.05) is 6.07 Å². The number of hydrogen-bond donors (Lipinski definition) is 0. The van der Waals surface area contributed by atoms with Crippen molar-refractivity contribution in [2.24, 2.45) is 0 Å². The molecular formula is C19H18NO4S-. The van der Waals surface area contributed by atoms with Crippen LogP contribution in [0.3, 0.4) is 0 Å². The third kappa shape index (κ3) is 3.53. The molecule has 0 amide bonds. The summed E-state index contributed by atoms with van der Waals surface area (Å²) in [5.41, 5.74) is 2.66. The summed E-state index contributed by atoms with van der Waals surface area (Å²) in [7, 11) is 3.22. The molecule has 0 aliphatic rings. The van der Waals surface area contributed by atoms with E-state index < -0.39 is 5.97 Å². The van der Waals surface area contributed by atoms with E-state index in [1.54, 1.807) is 25.6 Å².